The number of anilines is 2. The number of nitrogens with one attached hydrogen (secondary N) is 1. The minimum atomic E-state index is 0.151. The van der Waals surface area contributed by atoms with Crippen molar-refractivity contribution in [3.63, 3.8) is 0 Å². The van der Waals surface area contributed by atoms with Crippen molar-refractivity contribution in [1.82, 2.24) is 9.78 Å². The minimum absolute atomic E-state index is 0.151. The van der Waals surface area contributed by atoms with Gasteiger partial charge < -0.3 is 5.32 Å². The molecule has 0 saturated heterocycles. The summed E-state index contributed by atoms with van der Waals surface area (Å²) in [5.74, 6) is 0.778. The van der Waals surface area contributed by atoms with E-state index in [1.54, 1.807) is 0 Å². The van der Waals surface area contributed by atoms with Gasteiger partial charge >= 0.3 is 0 Å². The lowest BCUT2D eigenvalue weighted by Gasteiger charge is -2.13. The van der Waals surface area contributed by atoms with Gasteiger partial charge in [0, 0.05) is 17.1 Å². The molecule has 1 heterocycles. The van der Waals surface area contributed by atoms with Crippen LogP contribution in [0.1, 0.15) is 40.0 Å². The lowest BCUT2D eigenvalue weighted by molar-refractivity contribution is 0.0973. The Kier molecular flexibility index (Phi) is 4.29. The van der Waals surface area contributed by atoms with Gasteiger partial charge in [0.1, 0.15) is 0 Å². The molecule has 1 N–H and O–H groups in total. The molecule has 26 heavy (non-hydrogen) atoms. The Labute approximate surface area is 157 Å². The van der Waals surface area contributed by atoms with Crippen molar-refractivity contribution in [3.05, 3.63) is 69.9 Å². The molecule has 0 atom stereocenters. The fraction of sp³-hybridized carbons (Fsp3) is 0.238. The first kappa shape index (κ1) is 16.9. The zero-order valence-corrected chi connectivity index (χ0v) is 15.6. The normalized spacial score (nSPS) is 13.6. The Morgan fingerprint density at radius 3 is 2.54 bits per heavy atom. The average molecular weight is 366 g/mol. The summed E-state index contributed by atoms with van der Waals surface area (Å²) < 4.78 is 1.87. The number of carbonyl (C=O) groups excluding carboxylic acids is 1. The largest absolute Gasteiger partial charge is 0.338 e. The van der Waals surface area contributed by atoms with E-state index in [1.165, 1.54) is 11.1 Å². The van der Waals surface area contributed by atoms with Crippen LogP contribution in [0.25, 0.3) is 5.69 Å². The first-order valence-corrected chi connectivity index (χ1v) is 9.16. The Morgan fingerprint density at radius 1 is 1.04 bits per heavy atom. The standard InChI is InChI=1S/C21H20ClN3O/c1-13-6-9-16(12-14(13)2)23-21-20-18(4-3-5-19(20)26)25(24-21)17-10-7-15(22)8-11-17/h6-12H,3-5H2,1-2H3,(H,23,24). The van der Waals surface area contributed by atoms with Crippen LogP contribution in [0.2, 0.25) is 5.02 Å². The summed E-state index contributed by atoms with van der Waals surface area (Å²) >= 11 is 6.01. The van der Waals surface area contributed by atoms with Crippen molar-refractivity contribution < 1.29 is 4.79 Å². The number of benzene rings is 2. The van der Waals surface area contributed by atoms with Crippen LogP contribution < -0.4 is 5.32 Å². The van der Waals surface area contributed by atoms with Crippen LogP contribution in [0, 0.1) is 13.8 Å². The predicted octanol–water partition coefficient (Wildman–Crippen LogP) is 5.41. The highest BCUT2D eigenvalue weighted by Gasteiger charge is 2.27. The molecule has 1 aromatic heterocycles. The fourth-order valence-electron chi connectivity index (χ4n) is 3.36. The first-order valence-electron chi connectivity index (χ1n) is 8.78. The Balaban J connectivity index is 1.80. The summed E-state index contributed by atoms with van der Waals surface area (Å²) in [5.41, 5.74) is 5.97. The molecule has 0 aliphatic heterocycles. The second kappa shape index (κ2) is 6.61. The molecule has 0 spiro atoms. The van der Waals surface area contributed by atoms with Crippen LogP contribution in [0.3, 0.4) is 0 Å². The number of Topliss-reactive ketones (excluding diaryl/α,β-unsaturated/α-hetero) is 1. The zero-order valence-electron chi connectivity index (χ0n) is 14.8. The number of rotatable bonds is 3. The van der Waals surface area contributed by atoms with Gasteiger partial charge in [-0.15, -0.1) is 5.10 Å². The lowest BCUT2D eigenvalue weighted by Crippen LogP contribution is -2.13. The topological polar surface area (TPSA) is 46.9 Å². The van der Waals surface area contributed by atoms with Crippen molar-refractivity contribution in [2.24, 2.45) is 0 Å². The van der Waals surface area contributed by atoms with Crippen LogP contribution in [-0.4, -0.2) is 15.6 Å². The Hall–Kier alpha value is -2.59. The molecule has 3 aromatic rings. The van der Waals surface area contributed by atoms with Crippen molar-refractivity contribution in [2.45, 2.75) is 33.1 Å². The summed E-state index contributed by atoms with van der Waals surface area (Å²) in [5, 5.41) is 8.76. The van der Waals surface area contributed by atoms with E-state index >= 15 is 0 Å². The summed E-state index contributed by atoms with van der Waals surface area (Å²) in [7, 11) is 0. The molecular weight excluding hydrogens is 346 g/mol. The van der Waals surface area contributed by atoms with Crippen LogP contribution in [-0.2, 0) is 6.42 Å². The number of hydrogen-bond acceptors (Lipinski definition) is 3. The third-order valence-corrected chi connectivity index (χ3v) is 5.17. The van der Waals surface area contributed by atoms with Crippen LogP contribution in [0.5, 0.6) is 0 Å². The monoisotopic (exact) mass is 365 g/mol. The van der Waals surface area contributed by atoms with E-state index < -0.39 is 0 Å². The molecule has 0 radical (unpaired) electrons. The van der Waals surface area contributed by atoms with Crippen molar-refractivity contribution >= 4 is 28.9 Å². The Bertz CT molecular complexity index is 989. The quantitative estimate of drug-likeness (QED) is 0.675. The number of halogens is 1. The maximum atomic E-state index is 12.6. The summed E-state index contributed by atoms with van der Waals surface area (Å²) in [6, 6.07) is 13.7. The summed E-state index contributed by atoms with van der Waals surface area (Å²) in [6.45, 7) is 4.16. The van der Waals surface area contributed by atoms with Gasteiger partial charge in [0.05, 0.1) is 16.9 Å². The number of aromatic nitrogens is 2. The number of nitrogens with zero attached hydrogens (tertiary/aromatic N) is 2. The smallest absolute Gasteiger partial charge is 0.168 e. The molecule has 0 unspecified atom stereocenters. The number of ketones is 1. The van der Waals surface area contributed by atoms with Crippen molar-refractivity contribution in [3.8, 4) is 5.69 Å². The molecule has 0 saturated carbocycles. The van der Waals surface area contributed by atoms with Gasteiger partial charge in [0.15, 0.2) is 11.6 Å². The van der Waals surface area contributed by atoms with E-state index in [1.807, 2.05) is 35.0 Å². The third-order valence-electron chi connectivity index (χ3n) is 4.92. The lowest BCUT2D eigenvalue weighted by atomic mass is 9.95. The molecule has 2 aromatic carbocycles. The average Bonchev–Trinajstić information content (AvgIpc) is 2.99. The molecule has 0 fully saturated rings. The van der Waals surface area contributed by atoms with Gasteiger partial charge in [0.2, 0.25) is 0 Å². The van der Waals surface area contributed by atoms with Gasteiger partial charge in [-0.05, 0) is 74.2 Å². The molecule has 132 valence electrons. The second-order valence-electron chi connectivity index (χ2n) is 6.76. The number of aryl methyl sites for hydroxylation is 2. The van der Waals surface area contributed by atoms with Crippen molar-refractivity contribution in [2.75, 3.05) is 5.32 Å². The molecule has 0 amide bonds. The zero-order chi connectivity index (χ0) is 18.3. The molecule has 0 bridgehead atoms. The highest BCUT2D eigenvalue weighted by atomic mass is 35.5. The van der Waals surface area contributed by atoms with Crippen LogP contribution >= 0.6 is 11.6 Å². The van der Waals surface area contributed by atoms with Gasteiger partial charge in [-0.3, -0.25) is 4.79 Å². The summed E-state index contributed by atoms with van der Waals surface area (Å²) in [6.07, 6.45) is 2.26. The Morgan fingerprint density at radius 2 is 1.81 bits per heavy atom. The van der Waals surface area contributed by atoms with E-state index in [-0.39, 0.29) is 5.78 Å². The van der Waals surface area contributed by atoms with E-state index in [9.17, 15) is 4.79 Å². The minimum Gasteiger partial charge on any atom is -0.338 e. The van der Waals surface area contributed by atoms with Crippen LogP contribution in [0.4, 0.5) is 11.5 Å². The van der Waals surface area contributed by atoms with Gasteiger partial charge in [-0.1, -0.05) is 17.7 Å². The second-order valence-corrected chi connectivity index (χ2v) is 7.20. The summed E-state index contributed by atoms with van der Waals surface area (Å²) in [4.78, 5) is 12.6. The number of fused-ring (bicyclic) bond motifs is 1. The first-order chi connectivity index (χ1) is 12.5. The van der Waals surface area contributed by atoms with E-state index in [4.69, 9.17) is 16.7 Å². The van der Waals surface area contributed by atoms with E-state index in [0.29, 0.717) is 22.8 Å². The molecule has 4 nitrogen and oxygen atoms in total. The molecule has 4 rings (SSSR count). The molecule has 1 aliphatic carbocycles. The SMILES string of the molecule is Cc1ccc(Nc2nn(-c3ccc(Cl)cc3)c3c2C(=O)CCC3)cc1C. The van der Waals surface area contributed by atoms with Gasteiger partial charge in [-0.2, -0.15) is 0 Å². The van der Waals surface area contributed by atoms with E-state index in [2.05, 4.69) is 31.3 Å². The van der Waals surface area contributed by atoms with E-state index in [0.717, 1.165) is 29.9 Å². The number of carbonyl (C=O) groups is 1. The van der Waals surface area contributed by atoms with Gasteiger partial charge in [0.25, 0.3) is 0 Å². The molecule has 1 aliphatic rings. The number of hydrogen-bond donors (Lipinski definition) is 1. The molecular formula is C21H20ClN3O. The highest BCUT2D eigenvalue weighted by Crippen LogP contribution is 2.32. The third kappa shape index (κ3) is 3.01. The van der Waals surface area contributed by atoms with Crippen LogP contribution in [0.15, 0.2) is 42.5 Å². The van der Waals surface area contributed by atoms with Crippen molar-refractivity contribution in [1.29, 1.82) is 0 Å². The maximum absolute atomic E-state index is 12.6. The van der Waals surface area contributed by atoms with Gasteiger partial charge in [-0.25, -0.2) is 4.68 Å². The molecule has 5 heteroatoms. The fourth-order valence-corrected chi connectivity index (χ4v) is 3.48. The highest BCUT2D eigenvalue weighted by molar-refractivity contribution is 6.30. The maximum Gasteiger partial charge on any atom is 0.168 e. The predicted molar refractivity (Wildman–Crippen MR) is 105 cm³/mol.